The van der Waals surface area contributed by atoms with E-state index in [4.69, 9.17) is 19.0 Å². The van der Waals surface area contributed by atoms with E-state index in [-0.39, 0.29) is 6.10 Å². The third-order valence-corrected chi connectivity index (χ3v) is 3.87. The lowest BCUT2D eigenvalue weighted by Gasteiger charge is -2.24. The Morgan fingerprint density at radius 3 is 2.44 bits per heavy atom. The fourth-order valence-corrected chi connectivity index (χ4v) is 2.57. The van der Waals surface area contributed by atoms with Crippen molar-refractivity contribution in [3.8, 4) is 17.2 Å². The van der Waals surface area contributed by atoms with Crippen LogP contribution in [0, 0.1) is 0 Å². The number of methoxy groups -OCH3 is 2. The van der Waals surface area contributed by atoms with E-state index in [1.165, 1.54) is 0 Å². The molecule has 130 valence electrons. The predicted molar refractivity (Wildman–Crippen MR) is 92.6 cm³/mol. The maximum absolute atomic E-state index is 12.2. The quantitative estimate of drug-likeness (QED) is 0.629. The molecule has 1 heterocycles. The largest absolute Gasteiger partial charge is 0.497 e. The zero-order valence-electron chi connectivity index (χ0n) is 14.3. The van der Waals surface area contributed by atoms with E-state index >= 15 is 0 Å². The Labute approximate surface area is 146 Å². The molecule has 0 radical (unpaired) electrons. The predicted octanol–water partition coefficient (Wildman–Crippen LogP) is 3.44. The lowest BCUT2D eigenvalue weighted by Crippen LogP contribution is -2.25. The van der Waals surface area contributed by atoms with Crippen LogP contribution in [0.2, 0.25) is 0 Å². The Morgan fingerprint density at radius 1 is 1.08 bits per heavy atom. The van der Waals surface area contributed by atoms with Crippen molar-refractivity contribution in [3.63, 3.8) is 0 Å². The van der Waals surface area contributed by atoms with Crippen molar-refractivity contribution in [1.29, 1.82) is 0 Å². The zero-order chi connectivity index (χ0) is 17.8. The van der Waals surface area contributed by atoms with Crippen LogP contribution < -0.4 is 14.2 Å². The van der Waals surface area contributed by atoms with E-state index in [0.29, 0.717) is 34.9 Å². The number of nitrogens with zero attached hydrogens (tertiary/aromatic N) is 1. The van der Waals surface area contributed by atoms with E-state index in [1.807, 2.05) is 19.1 Å². The Bertz CT molecular complexity index is 798. The summed E-state index contributed by atoms with van der Waals surface area (Å²) in [4.78, 5) is 17.3. The molecule has 3 rings (SSSR count). The molecule has 6 nitrogen and oxygen atoms in total. The average molecular weight is 341 g/mol. The fraction of sp³-hybridized carbons (Fsp3) is 0.263. The van der Waals surface area contributed by atoms with Gasteiger partial charge in [0.05, 0.1) is 25.5 Å². The third-order valence-electron chi connectivity index (χ3n) is 3.87. The smallest absolute Gasteiger partial charge is 0.365 e. The summed E-state index contributed by atoms with van der Waals surface area (Å²) in [5.74, 6) is 1.51. The van der Waals surface area contributed by atoms with Crippen LogP contribution in [0.1, 0.15) is 29.3 Å². The standard InChI is InChI=1S/C19H19NO5/c1-12-10-17(16-9-8-15(23-3)11-18(16)24-12)20-25-19(21)13-4-6-14(22-2)7-5-13/h4-9,11-12H,10H2,1-3H3/b20-17+/t12-/m1/s1. The average Bonchev–Trinajstić information content (AvgIpc) is 2.65. The summed E-state index contributed by atoms with van der Waals surface area (Å²) in [6, 6.07) is 12.1. The van der Waals surface area contributed by atoms with Gasteiger partial charge in [-0.2, -0.15) is 0 Å². The molecule has 0 amide bonds. The molecule has 1 atom stereocenters. The van der Waals surface area contributed by atoms with Gasteiger partial charge in [0.2, 0.25) is 0 Å². The first-order valence-electron chi connectivity index (χ1n) is 7.88. The van der Waals surface area contributed by atoms with E-state index in [0.717, 1.165) is 5.56 Å². The van der Waals surface area contributed by atoms with Crippen molar-refractivity contribution >= 4 is 11.7 Å². The van der Waals surface area contributed by atoms with Gasteiger partial charge < -0.3 is 19.0 Å². The molecule has 1 aliphatic rings. The summed E-state index contributed by atoms with van der Waals surface area (Å²) in [7, 11) is 3.16. The Kier molecular flexibility index (Phi) is 4.88. The van der Waals surface area contributed by atoms with Crippen LogP contribution in [0.5, 0.6) is 17.2 Å². The second-order valence-corrected chi connectivity index (χ2v) is 5.64. The maximum Gasteiger partial charge on any atom is 0.365 e. The molecule has 0 saturated heterocycles. The molecule has 0 N–H and O–H groups in total. The molecule has 6 heteroatoms. The lowest BCUT2D eigenvalue weighted by molar-refractivity contribution is 0.0513. The van der Waals surface area contributed by atoms with Crippen LogP contribution in [-0.2, 0) is 4.84 Å². The SMILES string of the molecule is COc1ccc(C(=O)O/N=C2\C[C@@H](C)Oc3cc(OC)ccc32)cc1. The van der Waals surface area contributed by atoms with Gasteiger partial charge in [0, 0.05) is 18.1 Å². The fourth-order valence-electron chi connectivity index (χ4n) is 2.57. The molecular weight excluding hydrogens is 322 g/mol. The van der Waals surface area contributed by atoms with Gasteiger partial charge in [-0.1, -0.05) is 5.16 Å². The molecule has 0 saturated carbocycles. The van der Waals surface area contributed by atoms with Crippen LogP contribution in [0.3, 0.4) is 0 Å². The summed E-state index contributed by atoms with van der Waals surface area (Å²) < 4.78 is 16.1. The Morgan fingerprint density at radius 2 is 1.76 bits per heavy atom. The monoisotopic (exact) mass is 341 g/mol. The Balaban J connectivity index is 1.80. The highest BCUT2D eigenvalue weighted by Crippen LogP contribution is 2.31. The molecule has 2 aromatic rings. The highest BCUT2D eigenvalue weighted by atomic mass is 16.7. The van der Waals surface area contributed by atoms with Crippen LogP contribution in [0.25, 0.3) is 0 Å². The van der Waals surface area contributed by atoms with Crippen LogP contribution >= 0.6 is 0 Å². The van der Waals surface area contributed by atoms with E-state index in [1.54, 1.807) is 44.6 Å². The topological polar surface area (TPSA) is 66.4 Å². The van der Waals surface area contributed by atoms with Gasteiger partial charge >= 0.3 is 5.97 Å². The number of hydrogen-bond acceptors (Lipinski definition) is 6. The molecule has 25 heavy (non-hydrogen) atoms. The number of rotatable bonds is 4. The number of oxime groups is 1. The summed E-state index contributed by atoms with van der Waals surface area (Å²) in [5, 5.41) is 4.06. The van der Waals surface area contributed by atoms with Gasteiger partial charge in [-0.05, 0) is 43.3 Å². The van der Waals surface area contributed by atoms with Crippen LogP contribution in [0.4, 0.5) is 0 Å². The second-order valence-electron chi connectivity index (χ2n) is 5.64. The Hall–Kier alpha value is -3.02. The number of carbonyl (C=O) groups excluding carboxylic acids is 1. The number of hydrogen-bond donors (Lipinski definition) is 0. The molecule has 0 aliphatic carbocycles. The first kappa shape index (κ1) is 16.8. The van der Waals surface area contributed by atoms with Gasteiger partial charge in [-0.3, -0.25) is 0 Å². The van der Waals surface area contributed by atoms with Crippen LogP contribution in [-0.4, -0.2) is 32.0 Å². The zero-order valence-corrected chi connectivity index (χ0v) is 14.3. The minimum Gasteiger partial charge on any atom is -0.497 e. The van der Waals surface area contributed by atoms with Gasteiger partial charge in [-0.15, -0.1) is 0 Å². The van der Waals surface area contributed by atoms with E-state index < -0.39 is 5.97 Å². The highest BCUT2D eigenvalue weighted by Gasteiger charge is 2.23. The molecule has 1 aliphatic heterocycles. The molecule has 0 bridgehead atoms. The van der Waals surface area contributed by atoms with E-state index in [9.17, 15) is 4.79 Å². The normalized spacial score (nSPS) is 17.4. The molecule has 2 aromatic carbocycles. The number of fused-ring (bicyclic) bond motifs is 1. The van der Waals surface area contributed by atoms with Gasteiger partial charge in [0.25, 0.3) is 0 Å². The highest BCUT2D eigenvalue weighted by molar-refractivity contribution is 6.04. The summed E-state index contributed by atoms with van der Waals surface area (Å²) >= 11 is 0. The van der Waals surface area contributed by atoms with Crippen molar-refractivity contribution in [3.05, 3.63) is 53.6 Å². The molecule has 0 aromatic heterocycles. The molecule has 0 spiro atoms. The van der Waals surface area contributed by atoms with Crippen LogP contribution in [0.15, 0.2) is 47.6 Å². The molecule has 0 fully saturated rings. The summed E-state index contributed by atoms with van der Waals surface area (Å²) in [5.41, 5.74) is 1.86. The van der Waals surface area contributed by atoms with Crippen molar-refractivity contribution in [1.82, 2.24) is 0 Å². The summed E-state index contributed by atoms with van der Waals surface area (Å²) in [6.45, 7) is 1.93. The number of carbonyl (C=O) groups is 1. The third kappa shape index (κ3) is 3.74. The first-order valence-corrected chi connectivity index (χ1v) is 7.88. The summed E-state index contributed by atoms with van der Waals surface area (Å²) in [6.07, 6.45) is 0.480. The second kappa shape index (κ2) is 7.25. The van der Waals surface area contributed by atoms with E-state index in [2.05, 4.69) is 5.16 Å². The van der Waals surface area contributed by atoms with Gasteiger partial charge in [0.1, 0.15) is 23.4 Å². The van der Waals surface area contributed by atoms with Gasteiger partial charge in [-0.25, -0.2) is 4.79 Å². The van der Waals surface area contributed by atoms with Crippen molar-refractivity contribution < 1.29 is 23.8 Å². The minimum absolute atomic E-state index is 0.0713. The van der Waals surface area contributed by atoms with Gasteiger partial charge in [0.15, 0.2) is 0 Å². The first-order chi connectivity index (χ1) is 12.1. The maximum atomic E-state index is 12.2. The van der Waals surface area contributed by atoms with Crippen molar-refractivity contribution in [2.45, 2.75) is 19.4 Å². The van der Waals surface area contributed by atoms with Crippen molar-refractivity contribution in [2.75, 3.05) is 14.2 Å². The molecule has 0 unspecified atom stereocenters. The number of benzene rings is 2. The number of ether oxygens (including phenoxy) is 3. The minimum atomic E-state index is -0.524. The lowest BCUT2D eigenvalue weighted by atomic mass is 10.0. The molecular formula is C19H19NO5. The van der Waals surface area contributed by atoms with Crippen molar-refractivity contribution in [2.24, 2.45) is 5.16 Å².